The standard InChI is InChI=1S/C30H39F2N5O6S/c1-30(2,8-9-35-10-12-36(13-11-35)14-15-38)44(42,43)16-7-20-17-23-27(33)26(29(40)37(41)28(23)34-19-20)25(39)6-4-21-3-5-22(31)18-24(21)32/h3,5,17-19,38,41H,4,6-16,33H2,1-2H3. The van der Waals surface area contributed by atoms with Gasteiger partial charge in [0, 0.05) is 56.8 Å². The number of nitrogens with zero attached hydrogens (tertiary/aromatic N) is 4. The van der Waals surface area contributed by atoms with Crippen LogP contribution in [0, 0.1) is 11.6 Å². The zero-order chi connectivity index (χ0) is 32.2. The summed E-state index contributed by atoms with van der Waals surface area (Å²) in [7, 11) is -3.56. The molecule has 1 fully saturated rings. The second-order valence-electron chi connectivity index (χ2n) is 11.8. The van der Waals surface area contributed by atoms with Gasteiger partial charge in [-0.25, -0.2) is 22.2 Å². The molecule has 0 amide bonds. The minimum absolute atomic E-state index is 0.0807. The number of halogens is 2. The van der Waals surface area contributed by atoms with Gasteiger partial charge in [0.25, 0.3) is 5.56 Å². The van der Waals surface area contributed by atoms with E-state index in [-0.39, 0.29) is 58.6 Å². The molecule has 11 nitrogen and oxygen atoms in total. The zero-order valence-electron chi connectivity index (χ0n) is 24.9. The van der Waals surface area contributed by atoms with Crippen molar-refractivity contribution in [2.45, 2.75) is 44.3 Å². The SMILES string of the molecule is CC(C)(CCN1CCN(CCO)CC1)S(=O)(=O)CCc1cnc2c(c1)c(N)c(C(=O)CCc1ccc(F)cc1F)c(=O)n2O. The third-order valence-corrected chi connectivity index (χ3v) is 11.0. The lowest BCUT2D eigenvalue weighted by Crippen LogP contribution is -2.48. The van der Waals surface area contributed by atoms with Crippen LogP contribution >= 0.6 is 0 Å². The van der Waals surface area contributed by atoms with E-state index in [1.54, 1.807) is 13.8 Å². The monoisotopic (exact) mass is 635 g/mol. The van der Waals surface area contributed by atoms with Crippen LogP contribution in [0.2, 0.25) is 0 Å². The molecule has 1 aromatic carbocycles. The molecular weight excluding hydrogens is 596 g/mol. The van der Waals surface area contributed by atoms with Crippen LogP contribution in [-0.4, -0.2) is 100 Å². The van der Waals surface area contributed by atoms with E-state index in [9.17, 15) is 32.0 Å². The van der Waals surface area contributed by atoms with Crippen LogP contribution < -0.4 is 11.3 Å². The number of aryl methyl sites for hydroxylation is 2. The van der Waals surface area contributed by atoms with Gasteiger partial charge in [-0.15, -0.1) is 4.73 Å². The maximum Gasteiger partial charge on any atom is 0.297 e. The Bertz CT molecular complexity index is 1690. The van der Waals surface area contributed by atoms with Crippen molar-refractivity contribution in [3.05, 3.63) is 69.1 Å². The Morgan fingerprint density at radius 3 is 2.36 bits per heavy atom. The molecular formula is C30H39F2N5O6S. The van der Waals surface area contributed by atoms with Crippen molar-refractivity contribution in [3.63, 3.8) is 0 Å². The number of ketones is 1. The molecule has 0 aliphatic carbocycles. The lowest BCUT2D eigenvalue weighted by atomic mass is 10.0. The van der Waals surface area contributed by atoms with Crippen LogP contribution in [0.25, 0.3) is 11.0 Å². The van der Waals surface area contributed by atoms with E-state index in [1.807, 2.05) is 0 Å². The van der Waals surface area contributed by atoms with E-state index in [0.29, 0.717) is 31.1 Å². The number of β-amino-alcohol motifs (C(OH)–C–C–N with tert-alkyl or cyclic N) is 1. The van der Waals surface area contributed by atoms with E-state index in [0.717, 1.165) is 32.2 Å². The highest BCUT2D eigenvalue weighted by Crippen LogP contribution is 2.26. The van der Waals surface area contributed by atoms with Crippen LogP contribution in [-0.2, 0) is 22.7 Å². The summed E-state index contributed by atoms with van der Waals surface area (Å²) in [4.78, 5) is 34.3. The molecule has 1 aliphatic rings. The van der Waals surface area contributed by atoms with Crippen molar-refractivity contribution in [1.82, 2.24) is 19.5 Å². The van der Waals surface area contributed by atoms with E-state index in [2.05, 4.69) is 14.8 Å². The quantitative estimate of drug-likeness (QED) is 0.187. The van der Waals surface area contributed by atoms with Crippen molar-refractivity contribution >= 4 is 32.3 Å². The molecule has 4 rings (SSSR count). The second kappa shape index (κ2) is 13.7. The molecule has 0 atom stereocenters. The summed E-state index contributed by atoms with van der Waals surface area (Å²) in [5.41, 5.74) is 4.78. The number of rotatable bonds is 13. The third kappa shape index (κ3) is 7.42. The number of Topliss-reactive ketones (excluding diaryl/α,β-unsaturated/α-hetero) is 1. The number of aliphatic hydroxyl groups is 1. The normalized spacial score (nSPS) is 15.2. The number of hydrogen-bond donors (Lipinski definition) is 3. The Labute approximate surface area is 254 Å². The lowest BCUT2D eigenvalue weighted by Gasteiger charge is -2.36. The summed E-state index contributed by atoms with van der Waals surface area (Å²) >= 11 is 0. The van der Waals surface area contributed by atoms with Gasteiger partial charge < -0.3 is 20.9 Å². The second-order valence-corrected chi connectivity index (χ2v) is 14.5. The number of pyridine rings is 2. The molecule has 240 valence electrons. The molecule has 0 unspecified atom stereocenters. The number of aromatic nitrogens is 2. The summed E-state index contributed by atoms with van der Waals surface area (Å²) in [5.74, 6) is -2.51. The number of nitrogen functional groups attached to an aromatic ring is 1. The maximum absolute atomic E-state index is 14.0. The predicted molar refractivity (Wildman–Crippen MR) is 163 cm³/mol. The molecule has 0 saturated carbocycles. The van der Waals surface area contributed by atoms with Gasteiger partial charge in [-0.1, -0.05) is 6.07 Å². The number of aliphatic hydroxyl groups excluding tert-OH is 1. The van der Waals surface area contributed by atoms with E-state index >= 15 is 0 Å². The molecule has 44 heavy (non-hydrogen) atoms. The molecule has 2 aromatic heterocycles. The van der Waals surface area contributed by atoms with Crippen molar-refractivity contribution < 1.29 is 32.3 Å². The van der Waals surface area contributed by atoms with Gasteiger partial charge in [-0.05, 0) is 62.9 Å². The predicted octanol–water partition coefficient (Wildman–Crippen LogP) is 2.05. The largest absolute Gasteiger partial charge is 0.423 e. The lowest BCUT2D eigenvalue weighted by molar-refractivity contribution is 0.0976. The number of nitrogens with two attached hydrogens (primary N) is 1. The highest BCUT2D eigenvalue weighted by molar-refractivity contribution is 7.92. The number of carbonyl (C=O) groups excluding carboxylic acids is 1. The fraction of sp³-hybridized carbons (Fsp3) is 0.500. The Hall–Kier alpha value is -3.46. The van der Waals surface area contributed by atoms with Crippen molar-refractivity contribution in [1.29, 1.82) is 0 Å². The molecule has 4 N–H and O–H groups in total. The first-order valence-corrected chi connectivity index (χ1v) is 16.2. The van der Waals surface area contributed by atoms with Crippen LogP contribution in [0.5, 0.6) is 0 Å². The molecule has 14 heteroatoms. The minimum atomic E-state index is -3.56. The van der Waals surface area contributed by atoms with Crippen LogP contribution in [0.4, 0.5) is 14.5 Å². The first kappa shape index (κ1) is 33.4. The fourth-order valence-electron chi connectivity index (χ4n) is 5.31. The molecule has 3 aromatic rings. The smallest absolute Gasteiger partial charge is 0.297 e. The van der Waals surface area contributed by atoms with Crippen molar-refractivity contribution in [3.8, 4) is 0 Å². The number of benzene rings is 1. The summed E-state index contributed by atoms with van der Waals surface area (Å²) in [5, 5.41) is 19.7. The summed E-state index contributed by atoms with van der Waals surface area (Å²) in [6.07, 6.45) is 1.43. The maximum atomic E-state index is 14.0. The molecule has 3 heterocycles. The van der Waals surface area contributed by atoms with E-state index < -0.39 is 43.1 Å². The molecule has 1 saturated heterocycles. The summed E-state index contributed by atoms with van der Waals surface area (Å²) in [6.45, 7) is 8.07. The first-order valence-electron chi connectivity index (χ1n) is 14.5. The van der Waals surface area contributed by atoms with Gasteiger partial charge in [0.1, 0.15) is 17.2 Å². The van der Waals surface area contributed by atoms with Crippen LogP contribution in [0.1, 0.15) is 48.2 Å². The number of anilines is 1. The minimum Gasteiger partial charge on any atom is -0.423 e. The number of carbonyl (C=O) groups is 1. The molecule has 0 radical (unpaired) electrons. The summed E-state index contributed by atoms with van der Waals surface area (Å²) in [6, 6.07) is 4.46. The molecule has 0 bridgehead atoms. The number of fused-ring (bicyclic) bond motifs is 1. The van der Waals surface area contributed by atoms with Crippen LogP contribution in [0.15, 0.2) is 35.3 Å². The topological polar surface area (TPSA) is 159 Å². The summed E-state index contributed by atoms with van der Waals surface area (Å²) < 4.78 is 53.2. The molecule has 0 spiro atoms. The van der Waals surface area contributed by atoms with Gasteiger partial charge in [0.15, 0.2) is 21.3 Å². The van der Waals surface area contributed by atoms with E-state index in [1.165, 1.54) is 18.3 Å². The van der Waals surface area contributed by atoms with E-state index in [4.69, 9.17) is 10.8 Å². The average Bonchev–Trinajstić information content (AvgIpc) is 2.98. The Morgan fingerprint density at radius 1 is 1.07 bits per heavy atom. The van der Waals surface area contributed by atoms with Gasteiger partial charge in [0.05, 0.1) is 22.8 Å². The highest BCUT2D eigenvalue weighted by Gasteiger charge is 2.34. The Balaban J connectivity index is 1.45. The average molecular weight is 636 g/mol. The van der Waals surface area contributed by atoms with Crippen molar-refractivity contribution in [2.75, 3.05) is 57.4 Å². The number of sulfone groups is 1. The van der Waals surface area contributed by atoms with Gasteiger partial charge >= 0.3 is 0 Å². The number of hydrogen-bond acceptors (Lipinski definition) is 10. The Kier molecular flexibility index (Phi) is 10.4. The third-order valence-electron chi connectivity index (χ3n) is 8.42. The zero-order valence-corrected chi connectivity index (χ0v) is 25.7. The Morgan fingerprint density at radius 2 is 1.73 bits per heavy atom. The van der Waals surface area contributed by atoms with Gasteiger partial charge in [0.2, 0.25) is 0 Å². The first-order chi connectivity index (χ1) is 20.7. The van der Waals surface area contributed by atoms with Gasteiger partial charge in [-0.3, -0.25) is 14.5 Å². The van der Waals surface area contributed by atoms with Gasteiger partial charge in [-0.2, -0.15) is 0 Å². The van der Waals surface area contributed by atoms with Crippen molar-refractivity contribution in [2.24, 2.45) is 0 Å². The highest BCUT2D eigenvalue weighted by atomic mass is 32.2. The molecule has 1 aliphatic heterocycles. The number of piperazine rings is 1. The fourth-order valence-corrected chi connectivity index (χ4v) is 6.77. The van der Waals surface area contributed by atoms with Crippen LogP contribution in [0.3, 0.4) is 0 Å².